The molecule has 0 aliphatic carbocycles. The second-order valence-corrected chi connectivity index (χ2v) is 7.23. The lowest BCUT2D eigenvalue weighted by Crippen LogP contribution is -2.47. The van der Waals surface area contributed by atoms with Gasteiger partial charge in [-0.1, -0.05) is 60.7 Å². The lowest BCUT2D eigenvalue weighted by molar-refractivity contribution is -0.152. The summed E-state index contributed by atoms with van der Waals surface area (Å²) in [5.41, 5.74) is 2.39. The zero-order valence-corrected chi connectivity index (χ0v) is 16.0. The molecule has 2 aromatic rings. The van der Waals surface area contributed by atoms with Gasteiger partial charge in [0, 0.05) is 26.2 Å². The molecule has 0 aromatic heterocycles. The fourth-order valence-electron chi connectivity index (χ4n) is 3.69. The van der Waals surface area contributed by atoms with E-state index >= 15 is 0 Å². The maximum atomic E-state index is 12.7. The van der Waals surface area contributed by atoms with Gasteiger partial charge in [0.1, 0.15) is 0 Å². The maximum absolute atomic E-state index is 12.7. The Morgan fingerprint density at radius 2 is 1.48 bits per heavy atom. The van der Waals surface area contributed by atoms with Crippen LogP contribution in [0.2, 0.25) is 0 Å². The topological polar surface area (TPSA) is 40.6 Å². The van der Waals surface area contributed by atoms with E-state index in [1.54, 1.807) is 9.80 Å². The van der Waals surface area contributed by atoms with Crippen molar-refractivity contribution < 1.29 is 9.59 Å². The smallest absolute Gasteiger partial charge is 0.312 e. The number of carbonyl (C=O) groups is 2. The number of hydrogen-bond acceptors (Lipinski definition) is 2. The first-order chi connectivity index (χ1) is 13.2. The first kappa shape index (κ1) is 19.2. The molecule has 0 saturated carbocycles. The van der Waals surface area contributed by atoms with E-state index in [0.717, 1.165) is 24.8 Å². The molecule has 0 bridgehead atoms. The van der Waals surface area contributed by atoms with Crippen LogP contribution < -0.4 is 0 Å². The molecule has 0 unspecified atom stereocenters. The Bertz CT molecular complexity index is 737. The van der Waals surface area contributed by atoms with Crippen LogP contribution in [0.25, 0.3) is 0 Å². The van der Waals surface area contributed by atoms with Crippen molar-refractivity contribution in [1.29, 1.82) is 0 Å². The highest BCUT2D eigenvalue weighted by Gasteiger charge is 2.29. The molecule has 142 valence electrons. The molecule has 1 heterocycles. The van der Waals surface area contributed by atoms with Crippen LogP contribution in [0, 0.1) is 5.92 Å². The van der Waals surface area contributed by atoms with E-state index in [1.165, 1.54) is 5.56 Å². The van der Waals surface area contributed by atoms with Gasteiger partial charge >= 0.3 is 11.8 Å². The van der Waals surface area contributed by atoms with Crippen molar-refractivity contribution in [3.63, 3.8) is 0 Å². The average Bonchev–Trinajstić information content (AvgIpc) is 2.73. The number of rotatable bonds is 5. The minimum absolute atomic E-state index is 0.356. The van der Waals surface area contributed by atoms with E-state index < -0.39 is 0 Å². The summed E-state index contributed by atoms with van der Waals surface area (Å²) in [4.78, 5) is 28.7. The zero-order valence-electron chi connectivity index (χ0n) is 16.0. The Morgan fingerprint density at radius 3 is 2.04 bits per heavy atom. The van der Waals surface area contributed by atoms with Crippen molar-refractivity contribution in [1.82, 2.24) is 9.80 Å². The van der Waals surface area contributed by atoms with Gasteiger partial charge in [-0.2, -0.15) is 0 Å². The van der Waals surface area contributed by atoms with E-state index in [-0.39, 0.29) is 11.8 Å². The summed E-state index contributed by atoms with van der Waals surface area (Å²) in [7, 11) is 0. The van der Waals surface area contributed by atoms with Crippen LogP contribution in [-0.2, 0) is 22.6 Å². The maximum Gasteiger partial charge on any atom is 0.312 e. The Kier molecular flexibility index (Phi) is 6.64. The first-order valence-corrected chi connectivity index (χ1v) is 9.83. The van der Waals surface area contributed by atoms with E-state index in [9.17, 15) is 9.59 Å². The van der Waals surface area contributed by atoms with Gasteiger partial charge in [-0.3, -0.25) is 9.59 Å². The highest BCUT2D eigenvalue weighted by Crippen LogP contribution is 2.22. The molecule has 0 N–H and O–H groups in total. The van der Waals surface area contributed by atoms with Gasteiger partial charge in [-0.25, -0.2) is 0 Å². The highest BCUT2D eigenvalue weighted by molar-refractivity contribution is 6.34. The van der Waals surface area contributed by atoms with Crippen LogP contribution in [0.5, 0.6) is 0 Å². The molecular weight excluding hydrogens is 336 g/mol. The average molecular weight is 364 g/mol. The fraction of sp³-hybridized carbons (Fsp3) is 0.391. The summed E-state index contributed by atoms with van der Waals surface area (Å²) >= 11 is 0. The van der Waals surface area contributed by atoms with Crippen molar-refractivity contribution in [2.75, 3.05) is 19.6 Å². The Balaban J connectivity index is 1.52. The molecule has 0 radical (unpaired) electrons. The molecule has 27 heavy (non-hydrogen) atoms. The predicted molar refractivity (Wildman–Crippen MR) is 107 cm³/mol. The van der Waals surface area contributed by atoms with Crippen molar-refractivity contribution >= 4 is 11.8 Å². The highest BCUT2D eigenvalue weighted by atomic mass is 16.2. The number of nitrogens with zero attached hydrogens (tertiary/aromatic N) is 2. The van der Waals surface area contributed by atoms with Crippen LogP contribution in [-0.4, -0.2) is 41.2 Å². The van der Waals surface area contributed by atoms with Crippen LogP contribution in [0.4, 0.5) is 0 Å². The van der Waals surface area contributed by atoms with Crippen LogP contribution in [0.1, 0.15) is 30.9 Å². The normalized spacial score (nSPS) is 14.8. The quantitative estimate of drug-likeness (QED) is 0.762. The summed E-state index contributed by atoms with van der Waals surface area (Å²) in [6, 6.07) is 20.3. The molecule has 4 nitrogen and oxygen atoms in total. The predicted octanol–water partition coefficient (Wildman–Crippen LogP) is 3.52. The number of hydrogen-bond donors (Lipinski definition) is 0. The fourth-order valence-corrected chi connectivity index (χ4v) is 3.69. The molecule has 1 aliphatic rings. The summed E-state index contributed by atoms with van der Waals surface area (Å²) in [6.07, 6.45) is 2.96. The van der Waals surface area contributed by atoms with Crippen LogP contribution >= 0.6 is 0 Å². The van der Waals surface area contributed by atoms with Gasteiger partial charge in [-0.15, -0.1) is 0 Å². The Morgan fingerprint density at radius 1 is 0.926 bits per heavy atom. The largest absolute Gasteiger partial charge is 0.334 e. The zero-order chi connectivity index (χ0) is 19.1. The third kappa shape index (κ3) is 5.19. The second kappa shape index (κ2) is 9.36. The Labute approximate surface area is 161 Å². The summed E-state index contributed by atoms with van der Waals surface area (Å²) < 4.78 is 0. The number of likely N-dealkylation sites (tertiary alicyclic amines) is 1. The van der Waals surface area contributed by atoms with Crippen molar-refractivity contribution in [3.8, 4) is 0 Å². The van der Waals surface area contributed by atoms with E-state index in [1.807, 2.05) is 43.3 Å². The molecule has 0 spiro atoms. The molecular formula is C23H28N2O2. The van der Waals surface area contributed by atoms with Crippen molar-refractivity contribution in [2.45, 2.75) is 32.7 Å². The summed E-state index contributed by atoms with van der Waals surface area (Å²) in [5.74, 6) is -0.160. The summed E-state index contributed by atoms with van der Waals surface area (Å²) in [5, 5.41) is 0. The van der Waals surface area contributed by atoms with Crippen molar-refractivity contribution in [3.05, 3.63) is 71.8 Å². The third-order valence-electron chi connectivity index (χ3n) is 5.34. The number of carbonyl (C=O) groups excluding carboxylic acids is 2. The lowest BCUT2D eigenvalue weighted by atomic mass is 9.90. The molecule has 2 aromatic carbocycles. The van der Waals surface area contributed by atoms with Gasteiger partial charge in [0.25, 0.3) is 0 Å². The molecule has 1 fully saturated rings. The molecule has 1 saturated heterocycles. The van der Waals surface area contributed by atoms with Crippen molar-refractivity contribution in [2.24, 2.45) is 5.92 Å². The molecule has 4 heteroatoms. The SMILES string of the molecule is CCN(Cc1ccccc1)C(=O)C(=O)N1CCC(Cc2ccccc2)CC1. The number of amides is 2. The van der Waals surface area contributed by atoms with Crippen LogP contribution in [0.15, 0.2) is 60.7 Å². The number of piperidine rings is 1. The Hall–Kier alpha value is -2.62. The van der Waals surface area contributed by atoms with E-state index in [4.69, 9.17) is 0 Å². The summed E-state index contributed by atoms with van der Waals surface area (Å²) in [6.45, 7) is 4.27. The molecule has 2 amide bonds. The van der Waals surface area contributed by atoms with Gasteiger partial charge < -0.3 is 9.80 Å². The van der Waals surface area contributed by atoms with E-state index in [2.05, 4.69) is 24.3 Å². The third-order valence-corrected chi connectivity index (χ3v) is 5.34. The lowest BCUT2D eigenvalue weighted by Gasteiger charge is -2.33. The second-order valence-electron chi connectivity index (χ2n) is 7.23. The minimum atomic E-state index is -0.386. The van der Waals surface area contributed by atoms with E-state index in [0.29, 0.717) is 32.1 Å². The van der Waals surface area contributed by atoms with Gasteiger partial charge in [0.15, 0.2) is 0 Å². The molecule has 3 rings (SSSR count). The molecule has 1 aliphatic heterocycles. The standard InChI is InChI=1S/C23H28N2O2/c1-2-24(18-21-11-7-4-8-12-21)22(26)23(27)25-15-13-20(14-16-25)17-19-9-5-3-6-10-19/h3-12,20H,2,13-18H2,1H3. The van der Waals surface area contributed by atoms with Gasteiger partial charge in [0.05, 0.1) is 0 Å². The molecule has 0 atom stereocenters. The van der Waals surface area contributed by atoms with Gasteiger partial charge in [-0.05, 0) is 43.2 Å². The van der Waals surface area contributed by atoms with Gasteiger partial charge in [0.2, 0.25) is 0 Å². The monoisotopic (exact) mass is 364 g/mol. The first-order valence-electron chi connectivity index (χ1n) is 9.83. The van der Waals surface area contributed by atoms with Crippen LogP contribution in [0.3, 0.4) is 0 Å². The minimum Gasteiger partial charge on any atom is -0.334 e. The number of likely N-dealkylation sites (N-methyl/N-ethyl adjacent to an activating group) is 1. The number of benzene rings is 2.